The topological polar surface area (TPSA) is 118 Å². The number of nitrogens with one attached hydrogen (secondary N) is 2. The maximum atomic E-state index is 13.0. The first-order valence-corrected chi connectivity index (χ1v) is 11.7. The molecule has 0 unspecified atom stereocenters. The van der Waals surface area contributed by atoms with Gasteiger partial charge in [0, 0.05) is 23.7 Å². The van der Waals surface area contributed by atoms with E-state index in [9.17, 15) is 23.3 Å². The number of aryl methyl sites for hydroxylation is 2. The average Bonchev–Trinajstić information content (AvgIpc) is 2.76. The normalized spacial score (nSPS) is 12.2. The Bertz CT molecular complexity index is 1270. The van der Waals surface area contributed by atoms with Crippen LogP contribution in [-0.4, -0.2) is 19.2 Å². The summed E-state index contributed by atoms with van der Waals surface area (Å²) in [4.78, 5) is 23.7. The van der Waals surface area contributed by atoms with Gasteiger partial charge >= 0.3 is 0 Å². The second-order valence-electron chi connectivity index (χ2n) is 7.84. The van der Waals surface area contributed by atoms with Crippen LogP contribution in [0.3, 0.4) is 0 Å². The molecule has 0 aliphatic carbocycles. The molecule has 0 radical (unpaired) electrons. The number of nitrogens with zero attached hydrogens (tertiary/aromatic N) is 1. The van der Waals surface area contributed by atoms with Crippen molar-refractivity contribution in [2.24, 2.45) is 0 Å². The van der Waals surface area contributed by atoms with Crippen molar-refractivity contribution in [3.63, 3.8) is 0 Å². The summed E-state index contributed by atoms with van der Waals surface area (Å²) in [7, 11) is -3.89. The number of nitro benzene ring substituents is 1. The van der Waals surface area contributed by atoms with E-state index in [-0.39, 0.29) is 22.7 Å². The van der Waals surface area contributed by atoms with Crippen LogP contribution in [0, 0.1) is 30.9 Å². The van der Waals surface area contributed by atoms with Crippen molar-refractivity contribution in [1.29, 1.82) is 0 Å². The molecule has 3 aromatic rings. The van der Waals surface area contributed by atoms with E-state index < -0.39 is 26.9 Å². The number of anilines is 1. The molecule has 0 bridgehead atoms. The summed E-state index contributed by atoms with van der Waals surface area (Å²) in [6.45, 7) is 5.23. The molecule has 33 heavy (non-hydrogen) atoms. The first kappa shape index (κ1) is 24.1. The van der Waals surface area contributed by atoms with Gasteiger partial charge in [0.1, 0.15) is 0 Å². The largest absolute Gasteiger partial charge is 0.326 e. The fourth-order valence-electron chi connectivity index (χ4n) is 3.39. The number of amides is 1. The van der Waals surface area contributed by atoms with Crippen molar-refractivity contribution in [3.8, 4) is 0 Å². The van der Waals surface area contributed by atoms with Crippen LogP contribution in [0.4, 0.5) is 11.4 Å². The van der Waals surface area contributed by atoms with Gasteiger partial charge in [-0.2, -0.15) is 0 Å². The molecule has 8 nitrogen and oxygen atoms in total. The summed E-state index contributed by atoms with van der Waals surface area (Å²) in [6, 6.07) is 17.3. The predicted octanol–water partition coefficient (Wildman–Crippen LogP) is 4.57. The molecule has 0 saturated heterocycles. The third-order valence-corrected chi connectivity index (χ3v) is 6.83. The molecule has 0 heterocycles. The van der Waals surface area contributed by atoms with E-state index in [4.69, 9.17) is 0 Å². The molecule has 0 fully saturated rings. The second-order valence-corrected chi connectivity index (χ2v) is 9.56. The van der Waals surface area contributed by atoms with Crippen LogP contribution in [-0.2, 0) is 14.8 Å². The molecular weight excluding hydrogens is 442 g/mol. The molecular formula is C24H25N3O5S. The van der Waals surface area contributed by atoms with Crippen molar-refractivity contribution in [1.82, 2.24) is 4.72 Å². The van der Waals surface area contributed by atoms with E-state index >= 15 is 0 Å². The van der Waals surface area contributed by atoms with Gasteiger partial charge < -0.3 is 5.32 Å². The van der Waals surface area contributed by atoms with Gasteiger partial charge in [-0.25, -0.2) is 13.1 Å². The monoisotopic (exact) mass is 467 g/mol. The zero-order valence-corrected chi connectivity index (χ0v) is 19.3. The molecule has 172 valence electrons. The molecule has 3 aromatic carbocycles. The zero-order valence-electron chi connectivity index (χ0n) is 18.5. The summed E-state index contributed by atoms with van der Waals surface area (Å²) < 4.78 is 28.5. The highest BCUT2D eigenvalue weighted by atomic mass is 32.2. The number of hydrogen-bond acceptors (Lipinski definition) is 5. The van der Waals surface area contributed by atoms with Gasteiger partial charge in [-0.1, -0.05) is 48.0 Å². The summed E-state index contributed by atoms with van der Waals surface area (Å²) in [5, 5.41) is 14.0. The van der Waals surface area contributed by atoms with Crippen molar-refractivity contribution in [2.75, 3.05) is 5.32 Å². The van der Waals surface area contributed by atoms with Crippen LogP contribution >= 0.6 is 0 Å². The van der Waals surface area contributed by atoms with E-state index in [2.05, 4.69) is 10.0 Å². The van der Waals surface area contributed by atoms with E-state index in [0.717, 1.165) is 5.56 Å². The fourth-order valence-corrected chi connectivity index (χ4v) is 4.61. The molecule has 9 heteroatoms. The summed E-state index contributed by atoms with van der Waals surface area (Å²) >= 11 is 0. The molecule has 1 atom stereocenters. The second kappa shape index (κ2) is 9.93. The molecule has 3 rings (SSSR count). The molecule has 0 aliphatic rings. The van der Waals surface area contributed by atoms with E-state index in [1.807, 2.05) is 6.92 Å². The Morgan fingerprint density at radius 3 is 2.24 bits per heavy atom. The number of sulfonamides is 1. The highest BCUT2D eigenvalue weighted by Crippen LogP contribution is 2.27. The van der Waals surface area contributed by atoms with Crippen molar-refractivity contribution in [3.05, 3.63) is 99.1 Å². The van der Waals surface area contributed by atoms with Gasteiger partial charge in [-0.05, 0) is 50.1 Å². The quantitative estimate of drug-likeness (QED) is 0.372. The lowest BCUT2D eigenvalue weighted by Crippen LogP contribution is -2.31. The van der Waals surface area contributed by atoms with Gasteiger partial charge in [0.2, 0.25) is 15.9 Å². The Morgan fingerprint density at radius 1 is 1.00 bits per heavy atom. The highest BCUT2D eigenvalue weighted by molar-refractivity contribution is 7.89. The van der Waals surface area contributed by atoms with Crippen LogP contribution < -0.4 is 10.0 Å². The minimum Gasteiger partial charge on any atom is -0.326 e. The smallest absolute Gasteiger partial charge is 0.274 e. The number of hydrogen-bond donors (Lipinski definition) is 2. The van der Waals surface area contributed by atoms with Crippen LogP contribution in [0.25, 0.3) is 0 Å². The first-order chi connectivity index (χ1) is 15.6. The highest BCUT2D eigenvalue weighted by Gasteiger charge is 2.24. The summed E-state index contributed by atoms with van der Waals surface area (Å²) in [6.07, 6.45) is -0.199. The van der Waals surface area contributed by atoms with E-state index in [1.165, 1.54) is 18.2 Å². The minimum absolute atomic E-state index is 0.0926. The SMILES string of the molecule is Cc1ccc(S(=O)(=O)N[C@H](CC(=O)Nc2cc(C)c(C)c([N+](=O)[O-])c2)c2ccccc2)cc1. The van der Waals surface area contributed by atoms with E-state index in [1.54, 1.807) is 62.4 Å². The maximum absolute atomic E-state index is 13.0. The van der Waals surface area contributed by atoms with Gasteiger partial charge in [-0.15, -0.1) is 0 Å². The van der Waals surface area contributed by atoms with Crippen LogP contribution in [0.5, 0.6) is 0 Å². The molecule has 0 aromatic heterocycles. The van der Waals surface area contributed by atoms with Crippen LogP contribution in [0.1, 0.15) is 34.7 Å². The zero-order chi connectivity index (χ0) is 24.2. The Balaban J connectivity index is 1.85. The summed E-state index contributed by atoms with van der Waals surface area (Å²) in [5.74, 6) is -0.479. The lowest BCUT2D eigenvalue weighted by molar-refractivity contribution is -0.385. The Labute approximate surface area is 192 Å². The Morgan fingerprint density at radius 2 is 1.64 bits per heavy atom. The van der Waals surface area contributed by atoms with Gasteiger partial charge in [0.05, 0.1) is 15.9 Å². The number of benzene rings is 3. The van der Waals surface area contributed by atoms with Crippen molar-refractivity contribution >= 4 is 27.3 Å². The third-order valence-electron chi connectivity index (χ3n) is 5.34. The first-order valence-electron chi connectivity index (χ1n) is 10.3. The minimum atomic E-state index is -3.89. The van der Waals surface area contributed by atoms with Gasteiger partial charge in [-0.3, -0.25) is 14.9 Å². The predicted molar refractivity (Wildman–Crippen MR) is 127 cm³/mol. The standard InChI is InChI=1S/C24H25N3O5S/c1-16-9-11-21(12-10-16)33(31,32)26-22(19-7-5-4-6-8-19)15-24(28)25-20-13-17(2)18(3)23(14-20)27(29)30/h4-14,22,26H,15H2,1-3H3,(H,25,28)/t22-/m1/s1. The van der Waals surface area contributed by atoms with Gasteiger partial charge in [0.25, 0.3) is 5.69 Å². The maximum Gasteiger partial charge on any atom is 0.274 e. The third kappa shape index (κ3) is 6.03. The molecule has 0 saturated carbocycles. The van der Waals surface area contributed by atoms with E-state index in [0.29, 0.717) is 16.7 Å². The number of carbonyl (C=O) groups is 1. The van der Waals surface area contributed by atoms with Crippen LogP contribution in [0.15, 0.2) is 71.6 Å². The van der Waals surface area contributed by atoms with Crippen molar-refractivity contribution < 1.29 is 18.1 Å². The fraction of sp³-hybridized carbons (Fsp3) is 0.208. The molecule has 0 aliphatic heterocycles. The van der Waals surface area contributed by atoms with Crippen molar-refractivity contribution in [2.45, 2.75) is 38.1 Å². The number of nitro groups is 1. The number of rotatable bonds is 8. The molecule has 1 amide bonds. The summed E-state index contributed by atoms with van der Waals surface area (Å²) in [5.41, 5.74) is 2.92. The molecule has 2 N–H and O–H groups in total. The molecule has 0 spiro atoms. The van der Waals surface area contributed by atoms with Crippen LogP contribution in [0.2, 0.25) is 0 Å². The Hall–Kier alpha value is -3.56. The Kier molecular flexibility index (Phi) is 7.25. The van der Waals surface area contributed by atoms with Gasteiger partial charge in [0.15, 0.2) is 0 Å². The average molecular weight is 468 g/mol. The number of carbonyl (C=O) groups excluding carboxylic acids is 1. The lowest BCUT2D eigenvalue weighted by atomic mass is 10.0. The lowest BCUT2D eigenvalue weighted by Gasteiger charge is -2.19.